The Labute approximate surface area is 116 Å². The van der Waals surface area contributed by atoms with Gasteiger partial charge in [0.15, 0.2) is 11.6 Å². The lowest BCUT2D eigenvalue weighted by molar-refractivity contribution is -0.136. The van der Waals surface area contributed by atoms with Gasteiger partial charge in [0.2, 0.25) is 5.91 Å². The van der Waals surface area contributed by atoms with Gasteiger partial charge < -0.3 is 9.80 Å². The molecule has 1 heterocycles. The Morgan fingerprint density at radius 1 is 1.25 bits per heavy atom. The van der Waals surface area contributed by atoms with Gasteiger partial charge in [-0.15, -0.1) is 0 Å². The maximum absolute atomic E-state index is 14.1. The van der Waals surface area contributed by atoms with Gasteiger partial charge in [-0.25, -0.2) is 8.78 Å². The predicted octanol–water partition coefficient (Wildman–Crippen LogP) is 1.89. The third-order valence-electron chi connectivity index (χ3n) is 3.62. The van der Waals surface area contributed by atoms with Crippen LogP contribution in [-0.2, 0) is 4.79 Å². The molecule has 0 unspecified atom stereocenters. The van der Waals surface area contributed by atoms with Crippen LogP contribution in [0.15, 0.2) is 12.1 Å². The highest BCUT2D eigenvalue weighted by atomic mass is 19.1. The Morgan fingerprint density at radius 3 is 2.30 bits per heavy atom. The summed E-state index contributed by atoms with van der Waals surface area (Å²) in [6, 6.07) is 3.67. The predicted molar refractivity (Wildman–Crippen MR) is 70.1 cm³/mol. The minimum absolute atomic E-state index is 0.0815. The van der Waals surface area contributed by atoms with Crippen molar-refractivity contribution >= 4 is 11.6 Å². The number of anilines is 1. The van der Waals surface area contributed by atoms with Crippen molar-refractivity contribution in [2.24, 2.45) is 0 Å². The first-order valence-corrected chi connectivity index (χ1v) is 6.21. The van der Waals surface area contributed by atoms with E-state index in [1.54, 1.807) is 27.0 Å². The van der Waals surface area contributed by atoms with E-state index in [0.717, 1.165) is 12.1 Å². The number of halogens is 2. The van der Waals surface area contributed by atoms with Crippen LogP contribution in [0.4, 0.5) is 14.5 Å². The number of rotatable bonds is 1. The molecule has 2 rings (SSSR count). The number of nitrogens with zero attached hydrogens (tertiary/aromatic N) is 3. The van der Waals surface area contributed by atoms with E-state index in [2.05, 4.69) is 0 Å². The van der Waals surface area contributed by atoms with Gasteiger partial charge in [-0.2, -0.15) is 5.26 Å². The summed E-state index contributed by atoms with van der Waals surface area (Å²) in [5.41, 5.74) is -1.37. The van der Waals surface area contributed by atoms with Crippen molar-refractivity contribution in [2.75, 3.05) is 25.0 Å². The largest absolute Gasteiger partial charge is 0.351 e. The quantitative estimate of drug-likeness (QED) is 0.788. The van der Waals surface area contributed by atoms with Crippen LogP contribution in [0, 0.1) is 23.0 Å². The molecular formula is C14H15F2N3O. The lowest BCUT2D eigenvalue weighted by Gasteiger charge is -2.46. The molecule has 0 aliphatic carbocycles. The van der Waals surface area contributed by atoms with E-state index < -0.39 is 17.2 Å². The Balaban J connectivity index is 2.52. The van der Waals surface area contributed by atoms with Crippen molar-refractivity contribution in [1.29, 1.82) is 5.26 Å². The number of likely N-dealkylation sites (N-methyl/N-ethyl adjacent to an activating group) is 1. The second-order valence-electron chi connectivity index (χ2n) is 5.34. The summed E-state index contributed by atoms with van der Waals surface area (Å²) < 4.78 is 28.2. The second-order valence-corrected chi connectivity index (χ2v) is 5.34. The SMILES string of the molecule is CN1CCN(c2c(F)cc(C#N)cc2F)C(C)(C)C1=O. The fraction of sp³-hybridized carbons (Fsp3) is 0.429. The fourth-order valence-corrected chi connectivity index (χ4v) is 2.49. The number of carbonyl (C=O) groups excluding carboxylic acids is 1. The standard InChI is InChI=1S/C14H15F2N3O/c1-14(2)13(20)18(3)4-5-19(14)12-10(15)6-9(8-17)7-11(12)16/h6-7H,4-5H2,1-3H3. The molecule has 0 saturated carbocycles. The van der Waals surface area contributed by atoms with Crippen LogP contribution >= 0.6 is 0 Å². The van der Waals surface area contributed by atoms with Crippen molar-refractivity contribution < 1.29 is 13.6 Å². The molecule has 0 bridgehead atoms. The normalized spacial score (nSPS) is 18.1. The molecule has 1 aromatic rings. The number of carbonyl (C=O) groups is 1. The lowest BCUT2D eigenvalue weighted by atomic mass is 9.96. The van der Waals surface area contributed by atoms with Gasteiger partial charge in [0.05, 0.1) is 11.6 Å². The van der Waals surface area contributed by atoms with Crippen molar-refractivity contribution in [2.45, 2.75) is 19.4 Å². The Hall–Kier alpha value is -2.16. The molecule has 1 aliphatic heterocycles. The fourth-order valence-electron chi connectivity index (χ4n) is 2.49. The third kappa shape index (κ3) is 2.09. The maximum atomic E-state index is 14.1. The zero-order valence-electron chi connectivity index (χ0n) is 11.6. The Morgan fingerprint density at radius 2 is 1.80 bits per heavy atom. The van der Waals surface area contributed by atoms with Crippen LogP contribution < -0.4 is 4.90 Å². The first-order valence-electron chi connectivity index (χ1n) is 6.21. The highest BCUT2D eigenvalue weighted by Gasteiger charge is 2.42. The molecule has 106 valence electrons. The molecule has 0 spiro atoms. The van der Waals surface area contributed by atoms with E-state index in [-0.39, 0.29) is 17.2 Å². The van der Waals surface area contributed by atoms with Crippen molar-refractivity contribution in [3.63, 3.8) is 0 Å². The summed E-state index contributed by atoms with van der Waals surface area (Å²) in [5.74, 6) is -1.86. The highest BCUT2D eigenvalue weighted by molar-refractivity contribution is 5.90. The van der Waals surface area contributed by atoms with E-state index in [4.69, 9.17) is 5.26 Å². The second kappa shape index (κ2) is 4.75. The van der Waals surface area contributed by atoms with Gasteiger partial charge in [0, 0.05) is 20.1 Å². The molecular weight excluding hydrogens is 264 g/mol. The molecule has 4 nitrogen and oxygen atoms in total. The first kappa shape index (κ1) is 14.3. The molecule has 1 saturated heterocycles. The lowest BCUT2D eigenvalue weighted by Crippen LogP contribution is -2.62. The van der Waals surface area contributed by atoms with E-state index in [1.165, 1.54) is 9.80 Å². The highest BCUT2D eigenvalue weighted by Crippen LogP contribution is 2.33. The van der Waals surface area contributed by atoms with Gasteiger partial charge in [-0.3, -0.25) is 4.79 Å². The van der Waals surface area contributed by atoms with Crippen molar-refractivity contribution in [3.8, 4) is 6.07 Å². The molecule has 1 aliphatic rings. The number of piperazine rings is 1. The average Bonchev–Trinajstić information content (AvgIpc) is 2.38. The summed E-state index contributed by atoms with van der Waals surface area (Å²) in [4.78, 5) is 15.1. The van der Waals surface area contributed by atoms with Crippen molar-refractivity contribution in [1.82, 2.24) is 4.90 Å². The number of amides is 1. The van der Waals surface area contributed by atoms with E-state index in [0.29, 0.717) is 13.1 Å². The number of hydrogen-bond acceptors (Lipinski definition) is 3. The molecule has 0 aromatic heterocycles. The zero-order valence-corrected chi connectivity index (χ0v) is 11.6. The smallest absolute Gasteiger partial charge is 0.247 e. The summed E-state index contributed by atoms with van der Waals surface area (Å²) >= 11 is 0. The van der Waals surface area contributed by atoms with Gasteiger partial charge in [0.1, 0.15) is 11.2 Å². The molecule has 0 N–H and O–H groups in total. The average molecular weight is 279 g/mol. The molecule has 20 heavy (non-hydrogen) atoms. The van der Waals surface area contributed by atoms with Crippen LogP contribution in [0.5, 0.6) is 0 Å². The van der Waals surface area contributed by atoms with E-state index in [1.807, 2.05) is 0 Å². The van der Waals surface area contributed by atoms with Crippen LogP contribution in [0.3, 0.4) is 0 Å². The van der Waals surface area contributed by atoms with Crippen LogP contribution in [0.1, 0.15) is 19.4 Å². The van der Waals surface area contributed by atoms with Gasteiger partial charge >= 0.3 is 0 Å². The van der Waals surface area contributed by atoms with Crippen LogP contribution in [0.25, 0.3) is 0 Å². The van der Waals surface area contributed by atoms with Gasteiger partial charge in [-0.05, 0) is 26.0 Å². The van der Waals surface area contributed by atoms with Crippen molar-refractivity contribution in [3.05, 3.63) is 29.3 Å². The maximum Gasteiger partial charge on any atom is 0.247 e. The molecule has 1 fully saturated rings. The summed E-state index contributed by atoms with van der Waals surface area (Å²) in [5, 5.41) is 8.71. The number of hydrogen-bond donors (Lipinski definition) is 0. The van der Waals surface area contributed by atoms with Crippen LogP contribution in [-0.4, -0.2) is 36.5 Å². The molecule has 1 aromatic carbocycles. The molecule has 1 amide bonds. The van der Waals surface area contributed by atoms with Gasteiger partial charge in [-0.1, -0.05) is 0 Å². The van der Waals surface area contributed by atoms with Gasteiger partial charge in [0.25, 0.3) is 0 Å². The number of benzene rings is 1. The minimum atomic E-state index is -1.04. The molecule has 0 radical (unpaired) electrons. The topological polar surface area (TPSA) is 47.3 Å². The summed E-state index contributed by atoms with van der Waals surface area (Å²) in [7, 11) is 1.66. The zero-order chi connectivity index (χ0) is 15.1. The summed E-state index contributed by atoms with van der Waals surface area (Å²) in [6.45, 7) is 3.97. The van der Waals surface area contributed by atoms with Crippen LogP contribution in [0.2, 0.25) is 0 Å². The minimum Gasteiger partial charge on any atom is -0.351 e. The molecule has 6 heteroatoms. The first-order chi connectivity index (χ1) is 9.28. The Kier molecular flexibility index (Phi) is 3.38. The third-order valence-corrected chi connectivity index (χ3v) is 3.62. The van der Waals surface area contributed by atoms with E-state index >= 15 is 0 Å². The van der Waals surface area contributed by atoms with E-state index in [9.17, 15) is 13.6 Å². The monoisotopic (exact) mass is 279 g/mol. The molecule has 0 atom stereocenters. The summed E-state index contributed by atoms with van der Waals surface area (Å²) in [6.07, 6.45) is 0. The number of nitriles is 1. The Bertz CT molecular complexity index is 584.